The molecule has 0 atom stereocenters. The molecule has 1 nitrogen and oxygen atoms in total. The predicted octanol–water partition coefficient (Wildman–Crippen LogP) is 4.08. The van der Waals surface area contributed by atoms with Gasteiger partial charge in [-0.05, 0) is 25.0 Å². The molecule has 0 fully saturated rings. The predicted molar refractivity (Wildman–Crippen MR) is 76.1 cm³/mol. The third-order valence-electron chi connectivity index (χ3n) is 3.29. The summed E-state index contributed by atoms with van der Waals surface area (Å²) in [5.74, 6) is 0.316. The maximum absolute atomic E-state index is 5.37. The van der Waals surface area contributed by atoms with E-state index >= 15 is 0 Å². The minimum absolute atomic E-state index is 0.316. The monoisotopic (exact) mass is 240 g/mol. The van der Waals surface area contributed by atoms with Crippen LogP contribution in [0.4, 0.5) is 0 Å². The zero-order valence-electron chi connectivity index (χ0n) is 11.3. The van der Waals surface area contributed by atoms with Gasteiger partial charge >= 0.3 is 0 Å². The maximum atomic E-state index is 5.37. The summed E-state index contributed by atoms with van der Waals surface area (Å²) in [5.41, 5.74) is 5.20. The van der Waals surface area contributed by atoms with Crippen LogP contribution in [0.5, 0.6) is 0 Å². The molecule has 0 aliphatic heterocycles. The number of aryl methyl sites for hydroxylation is 2. The molecule has 0 spiro atoms. The van der Waals surface area contributed by atoms with Crippen molar-refractivity contribution in [2.24, 2.45) is 0 Å². The minimum atomic E-state index is 0.316. The Labute approximate surface area is 109 Å². The summed E-state index contributed by atoms with van der Waals surface area (Å²) in [5, 5.41) is 0. The Morgan fingerprint density at radius 1 is 0.778 bits per heavy atom. The summed E-state index contributed by atoms with van der Waals surface area (Å²) in [6.07, 6.45) is 0. The van der Waals surface area contributed by atoms with Gasteiger partial charge in [0.2, 0.25) is 0 Å². The van der Waals surface area contributed by atoms with Gasteiger partial charge in [-0.3, -0.25) is 0 Å². The Morgan fingerprint density at radius 2 is 1.17 bits per heavy atom. The fourth-order valence-electron chi connectivity index (χ4n) is 2.15. The Hall–Kier alpha value is -1.60. The molecule has 0 bridgehead atoms. The van der Waals surface area contributed by atoms with Crippen molar-refractivity contribution in [3.63, 3.8) is 0 Å². The van der Waals surface area contributed by atoms with Crippen molar-refractivity contribution >= 4 is 0 Å². The number of methoxy groups -OCH3 is 1. The molecular weight excluding hydrogens is 220 g/mol. The second kappa shape index (κ2) is 5.83. The first-order chi connectivity index (χ1) is 8.70. The van der Waals surface area contributed by atoms with Gasteiger partial charge in [-0.1, -0.05) is 59.7 Å². The molecule has 0 unspecified atom stereocenters. The van der Waals surface area contributed by atoms with E-state index < -0.39 is 0 Å². The molecule has 0 aliphatic carbocycles. The van der Waals surface area contributed by atoms with Gasteiger partial charge in [0, 0.05) is 13.0 Å². The average molecular weight is 240 g/mol. The summed E-state index contributed by atoms with van der Waals surface area (Å²) in [4.78, 5) is 0. The van der Waals surface area contributed by atoms with Gasteiger partial charge in [0.1, 0.15) is 0 Å². The Kier molecular flexibility index (Phi) is 4.16. The van der Waals surface area contributed by atoms with E-state index in [-0.39, 0.29) is 0 Å². The van der Waals surface area contributed by atoms with E-state index in [1.165, 1.54) is 22.3 Å². The van der Waals surface area contributed by atoms with Crippen molar-refractivity contribution in [1.29, 1.82) is 0 Å². The van der Waals surface area contributed by atoms with Crippen molar-refractivity contribution in [2.45, 2.75) is 19.8 Å². The molecule has 0 saturated carbocycles. The Balaban J connectivity index is 2.33. The fourth-order valence-corrected chi connectivity index (χ4v) is 2.15. The summed E-state index contributed by atoms with van der Waals surface area (Å²) >= 11 is 0. The highest BCUT2D eigenvalue weighted by Crippen LogP contribution is 2.25. The summed E-state index contributed by atoms with van der Waals surface area (Å²) in [6.45, 7) is 4.94. The van der Waals surface area contributed by atoms with Gasteiger partial charge in [-0.15, -0.1) is 0 Å². The third-order valence-corrected chi connectivity index (χ3v) is 3.29. The molecule has 0 saturated heterocycles. The molecule has 0 N–H and O–H groups in total. The highest BCUT2D eigenvalue weighted by Gasteiger charge is 2.13. The maximum Gasteiger partial charge on any atom is 0.0571 e. The lowest BCUT2D eigenvalue weighted by Crippen LogP contribution is -2.08. The van der Waals surface area contributed by atoms with E-state index in [1.807, 2.05) is 0 Å². The number of hydrogen-bond acceptors (Lipinski definition) is 1. The quantitative estimate of drug-likeness (QED) is 0.782. The van der Waals surface area contributed by atoms with Gasteiger partial charge in [-0.25, -0.2) is 0 Å². The topological polar surface area (TPSA) is 9.23 Å². The fraction of sp³-hybridized carbons (Fsp3) is 0.294. The van der Waals surface area contributed by atoms with Crippen molar-refractivity contribution in [2.75, 3.05) is 13.7 Å². The molecule has 2 rings (SSSR count). The second-order valence-electron chi connectivity index (χ2n) is 4.83. The average Bonchev–Trinajstić information content (AvgIpc) is 2.39. The van der Waals surface area contributed by atoms with Crippen LogP contribution >= 0.6 is 0 Å². The molecule has 94 valence electrons. The van der Waals surface area contributed by atoms with Crippen molar-refractivity contribution < 1.29 is 4.74 Å². The van der Waals surface area contributed by atoms with E-state index in [0.717, 1.165) is 0 Å². The van der Waals surface area contributed by atoms with Gasteiger partial charge in [0.15, 0.2) is 0 Å². The number of rotatable bonds is 4. The Morgan fingerprint density at radius 3 is 1.50 bits per heavy atom. The third kappa shape index (κ3) is 2.99. The minimum Gasteiger partial charge on any atom is -0.384 e. The van der Waals surface area contributed by atoms with Gasteiger partial charge < -0.3 is 4.74 Å². The molecule has 0 aliphatic rings. The van der Waals surface area contributed by atoms with E-state index in [4.69, 9.17) is 4.74 Å². The number of benzene rings is 2. The van der Waals surface area contributed by atoms with Crippen LogP contribution in [0.15, 0.2) is 48.5 Å². The molecule has 0 radical (unpaired) electrons. The molecule has 0 heterocycles. The number of ether oxygens (including phenoxy) is 1. The second-order valence-corrected chi connectivity index (χ2v) is 4.83. The molecular formula is C17H20O. The van der Waals surface area contributed by atoms with Crippen LogP contribution in [0.1, 0.15) is 28.2 Å². The van der Waals surface area contributed by atoms with Crippen LogP contribution in [0, 0.1) is 13.8 Å². The molecule has 2 aromatic carbocycles. The van der Waals surface area contributed by atoms with Crippen molar-refractivity contribution in [3.8, 4) is 0 Å². The zero-order valence-corrected chi connectivity index (χ0v) is 11.3. The number of hydrogen-bond donors (Lipinski definition) is 0. The lowest BCUT2D eigenvalue weighted by Gasteiger charge is -2.17. The summed E-state index contributed by atoms with van der Waals surface area (Å²) in [7, 11) is 1.76. The highest BCUT2D eigenvalue weighted by molar-refractivity contribution is 5.35. The molecule has 0 amide bonds. The summed E-state index contributed by atoms with van der Waals surface area (Å²) in [6, 6.07) is 17.4. The van der Waals surface area contributed by atoms with Crippen LogP contribution in [0.2, 0.25) is 0 Å². The highest BCUT2D eigenvalue weighted by atomic mass is 16.5. The van der Waals surface area contributed by atoms with Crippen molar-refractivity contribution in [1.82, 2.24) is 0 Å². The normalized spacial score (nSPS) is 10.9. The van der Waals surface area contributed by atoms with Crippen LogP contribution < -0.4 is 0 Å². The SMILES string of the molecule is COCC(c1ccc(C)cc1)c1ccc(C)cc1. The molecule has 0 aromatic heterocycles. The van der Waals surface area contributed by atoms with E-state index in [9.17, 15) is 0 Å². The van der Waals surface area contributed by atoms with E-state index in [1.54, 1.807) is 7.11 Å². The molecule has 2 aromatic rings. The van der Waals surface area contributed by atoms with E-state index in [2.05, 4.69) is 62.4 Å². The van der Waals surface area contributed by atoms with Crippen LogP contribution in [0.25, 0.3) is 0 Å². The van der Waals surface area contributed by atoms with Crippen LogP contribution in [0.3, 0.4) is 0 Å². The van der Waals surface area contributed by atoms with Crippen LogP contribution in [-0.2, 0) is 4.74 Å². The standard InChI is InChI=1S/C17H20O/c1-13-4-8-15(9-5-13)17(12-18-3)16-10-6-14(2)7-11-16/h4-11,17H,12H2,1-3H3. The lowest BCUT2D eigenvalue weighted by molar-refractivity contribution is 0.189. The van der Waals surface area contributed by atoms with Crippen molar-refractivity contribution in [3.05, 3.63) is 70.8 Å². The summed E-state index contributed by atoms with van der Waals surface area (Å²) < 4.78 is 5.37. The first kappa shape index (κ1) is 12.8. The first-order valence-electron chi connectivity index (χ1n) is 6.33. The molecule has 18 heavy (non-hydrogen) atoms. The van der Waals surface area contributed by atoms with Gasteiger partial charge in [0.25, 0.3) is 0 Å². The zero-order chi connectivity index (χ0) is 13.0. The smallest absolute Gasteiger partial charge is 0.0571 e. The largest absolute Gasteiger partial charge is 0.384 e. The molecule has 1 heteroatoms. The Bertz CT molecular complexity index is 437. The van der Waals surface area contributed by atoms with Crippen LogP contribution in [-0.4, -0.2) is 13.7 Å². The van der Waals surface area contributed by atoms with E-state index in [0.29, 0.717) is 12.5 Å². The lowest BCUT2D eigenvalue weighted by atomic mass is 9.91. The first-order valence-corrected chi connectivity index (χ1v) is 6.33. The van der Waals surface area contributed by atoms with Gasteiger partial charge in [0.05, 0.1) is 6.61 Å². The van der Waals surface area contributed by atoms with Gasteiger partial charge in [-0.2, -0.15) is 0 Å².